The van der Waals surface area contributed by atoms with Gasteiger partial charge in [-0.1, -0.05) is 5.16 Å². The van der Waals surface area contributed by atoms with Gasteiger partial charge in [0, 0.05) is 38.3 Å². The Bertz CT molecular complexity index is 667. The van der Waals surface area contributed by atoms with Gasteiger partial charge in [0.15, 0.2) is 0 Å². The van der Waals surface area contributed by atoms with E-state index < -0.39 is 0 Å². The summed E-state index contributed by atoms with van der Waals surface area (Å²) in [6.07, 6.45) is 5.15. The van der Waals surface area contributed by atoms with Crippen LogP contribution in [-0.2, 0) is 0 Å². The van der Waals surface area contributed by atoms with Crippen molar-refractivity contribution in [3.63, 3.8) is 0 Å². The minimum absolute atomic E-state index is 0.209. The number of hydrogen-bond acceptors (Lipinski definition) is 7. The average molecular weight is 330 g/mol. The number of rotatable bonds is 6. The molecule has 128 valence electrons. The van der Waals surface area contributed by atoms with E-state index in [0.717, 1.165) is 30.5 Å². The Hall–Kier alpha value is -2.64. The van der Waals surface area contributed by atoms with Crippen LogP contribution in [0.4, 0.5) is 11.6 Å². The first-order valence-corrected chi connectivity index (χ1v) is 8.26. The summed E-state index contributed by atoms with van der Waals surface area (Å²) in [6.45, 7) is 5.01. The second kappa shape index (κ2) is 7.76. The molecule has 3 rings (SSSR count). The first-order chi connectivity index (χ1) is 11.7. The average Bonchev–Trinajstić information content (AvgIpc) is 3.14. The van der Waals surface area contributed by atoms with Crippen molar-refractivity contribution in [1.29, 1.82) is 0 Å². The largest absolute Gasteiger partial charge is 0.368 e. The van der Waals surface area contributed by atoms with Crippen molar-refractivity contribution < 1.29 is 9.32 Å². The van der Waals surface area contributed by atoms with Crippen LogP contribution in [-0.4, -0.2) is 47.2 Å². The fourth-order valence-electron chi connectivity index (χ4n) is 2.71. The molecule has 0 bridgehead atoms. The lowest BCUT2D eigenvalue weighted by molar-refractivity contribution is 0.0918. The Morgan fingerprint density at radius 3 is 2.83 bits per heavy atom. The summed E-state index contributed by atoms with van der Waals surface area (Å²) in [6, 6.07) is 3.50. The van der Waals surface area contributed by atoms with Crippen molar-refractivity contribution >= 4 is 17.5 Å². The van der Waals surface area contributed by atoms with E-state index in [2.05, 4.69) is 30.7 Å². The number of anilines is 2. The third-order valence-electron chi connectivity index (χ3n) is 3.88. The molecule has 3 heterocycles. The zero-order valence-electron chi connectivity index (χ0n) is 13.8. The lowest BCUT2D eigenvalue weighted by Crippen LogP contribution is -2.31. The van der Waals surface area contributed by atoms with Crippen LogP contribution in [0, 0.1) is 6.92 Å². The van der Waals surface area contributed by atoms with Gasteiger partial charge in [-0.2, -0.15) is 0 Å². The molecule has 8 nitrogen and oxygen atoms in total. The molecule has 0 radical (unpaired) electrons. The zero-order chi connectivity index (χ0) is 16.8. The maximum absolute atomic E-state index is 11.7. The number of aryl methyl sites for hydroxylation is 1. The van der Waals surface area contributed by atoms with Crippen molar-refractivity contribution in [2.24, 2.45) is 0 Å². The van der Waals surface area contributed by atoms with Crippen LogP contribution in [0.2, 0.25) is 0 Å². The molecule has 8 heteroatoms. The first-order valence-electron chi connectivity index (χ1n) is 8.26. The predicted molar refractivity (Wildman–Crippen MR) is 90.2 cm³/mol. The maximum atomic E-state index is 11.7. The van der Waals surface area contributed by atoms with Crippen LogP contribution in [0.15, 0.2) is 22.9 Å². The summed E-state index contributed by atoms with van der Waals surface area (Å²) in [4.78, 5) is 23.0. The first kappa shape index (κ1) is 16.2. The van der Waals surface area contributed by atoms with Crippen LogP contribution in [0.3, 0.4) is 0 Å². The third-order valence-corrected chi connectivity index (χ3v) is 3.88. The van der Waals surface area contributed by atoms with Crippen LogP contribution in [0.5, 0.6) is 0 Å². The van der Waals surface area contributed by atoms with Gasteiger partial charge in [-0.15, -0.1) is 0 Å². The van der Waals surface area contributed by atoms with E-state index in [0.29, 0.717) is 13.1 Å². The number of amides is 1. The van der Waals surface area contributed by atoms with Gasteiger partial charge in [0.25, 0.3) is 5.91 Å². The number of nitrogens with zero attached hydrogens (tertiary/aromatic N) is 4. The van der Waals surface area contributed by atoms with E-state index in [1.165, 1.54) is 31.5 Å². The van der Waals surface area contributed by atoms with Crippen molar-refractivity contribution in [3.05, 3.63) is 29.9 Å². The number of aromatic nitrogens is 3. The number of piperidine rings is 1. The number of carbonyl (C=O) groups excluding carboxylic acids is 1. The maximum Gasteiger partial charge on any atom is 0.289 e. The summed E-state index contributed by atoms with van der Waals surface area (Å²) in [7, 11) is 0. The van der Waals surface area contributed by atoms with Crippen LogP contribution >= 0.6 is 0 Å². The summed E-state index contributed by atoms with van der Waals surface area (Å²) in [5, 5.41) is 9.50. The Balaban J connectivity index is 1.51. The molecular formula is C16H22N6O2. The summed E-state index contributed by atoms with van der Waals surface area (Å²) in [5.41, 5.74) is 0. The van der Waals surface area contributed by atoms with E-state index in [-0.39, 0.29) is 11.7 Å². The fourth-order valence-corrected chi connectivity index (χ4v) is 2.71. The van der Waals surface area contributed by atoms with E-state index >= 15 is 0 Å². The molecule has 0 aliphatic carbocycles. The minimum Gasteiger partial charge on any atom is -0.368 e. The van der Waals surface area contributed by atoms with E-state index in [1.807, 2.05) is 13.0 Å². The minimum atomic E-state index is -0.276. The highest BCUT2D eigenvalue weighted by Gasteiger charge is 2.14. The van der Waals surface area contributed by atoms with Crippen LogP contribution in [0.1, 0.15) is 35.6 Å². The fraction of sp³-hybridized carbons (Fsp3) is 0.500. The second-order valence-electron chi connectivity index (χ2n) is 5.77. The quantitative estimate of drug-likeness (QED) is 0.777. The third kappa shape index (κ3) is 4.21. The molecule has 2 aromatic rings. The van der Waals surface area contributed by atoms with Gasteiger partial charge in [0.2, 0.25) is 5.76 Å². The molecule has 0 unspecified atom stereocenters. The lowest BCUT2D eigenvalue weighted by Gasteiger charge is -2.28. The lowest BCUT2D eigenvalue weighted by atomic mass is 10.1. The van der Waals surface area contributed by atoms with Crippen molar-refractivity contribution in [2.45, 2.75) is 26.2 Å². The van der Waals surface area contributed by atoms with Gasteiger partial charge >= 0.3 is 0 Å². The topological polar surface area (TPSA) is 96.2 Å². The zero-order valence-corrected chi connectivity index (χ0v) is 13.8. The van der Waals surface area contributed by atoms with Gasteiger partial charge in [0.05, 0.1) is 6.20 Å². The highest BCUT2D eigenvalue weighted by atomic mass is 16.5. The molecule has 0 atom stereocenters. The van der Waals surface area contributed by atoms with Gasteiger partial charge in [-0.3, -0.25) is 4.79 Å². The molecular weight excluding hydrogens is 308 g/mol. The molecule has 0 saturated carbocycles. The summed E-state index contributed by atoms with van der Waals surface area (Å²) < 4.78 is 4.80. The van der Waals surface area contributed by atoms with Crippen molar-refractivity contribution in [1.82, 2.24) is 20.4 Å². The molecule has 1 aliphatic rings. The number of hydrogen-bond donors (Lipinski definition) is 2. The van der Waals surface area contributed by atoms with Crippen LogP contribution in [0.25, 0.3) is 0 Å². The predicted octanol–water partition coefficient (Wildman–Crippen LogP) is 1.61. The van der Waals surface area contributed by atoms with Gasteiger partial charge in [-0.25, -0.2) is 9.97 Å². The molecule has 2 N–H and O–H groups in total. The number of carbonyl (C=O) groups is 1. The number of nitrogens with one attached hydrogen (secondary N) is 2. The van der Waals surface area contributed by atoms with E-state index in [9.17, 15) is 4.79 Å². The molecule has 2 aromatic heterocycles. The molecule has 24 heavy (non-hydrogen) atoms. The van der Waals surface area contributed by atoms with Crippen molar-refractivity contribution in [3.8, 4) is 0 Å². The molecule has 1 aliphatic heterocycles. The van der Waals surface area contributed by atoms with E-state index in [1.54, 1.807) is 0 Å². The Labute approximate surface area is 140 Å². The van der Waals surface area contributed by atoms with E-state index in [4.69, 9.17) is 4.52 Å². The molecule has 0 aromatic carbocycles. The Kier molecular flexibility index (Phi) is 5.25. The SMILES string of the molecule is Cc1nc(NCCNC(=O)c2ccno2)cc(N2CCCCC2)n1. The molecule has 1 amide bonds. The summed E-state index contributed by atoms with van der Waals surface area (Å²) in [5.74, 6) is 2.42. The Morgan fingerprint density at radius 1 is 1.25 bits per heavy atom. The van der Waals surface area contributed by atoms with Gasteiger partial charge < -0.3 is 20.1 Å². The smallest absolute Gasteiger partial charge is 0.289 e. The highest BCUT2D eigenvalue weighted by Crippen LogP contribution is 2.20. The second-order valence-corrected chi connectivity index (χ2v) is 5.77. The standard InChI is InChI=1S/C16H22N6O2/c1-12-20-14(11-15(21-12)22-9-3-2-4-10-22)17-7-8-18-16(23)13-5-6-19-24-13/h5-6,11H,2-4,7-10H2,1H3,(H,18,23)(H,17,20,21). The Morgan fingerprint density at radius 2 is 2.08 bits per heavy atom. The summed E-state index contributed by atoms with van der Waals surface area (Å²) >= 11 is 0. The van der Waals surface area contributed by atoms with Gasteiger partial charge in [-0.05, 0) is 26.2 Å². The monoisotopic (exact) mass is 330 g/mol. The van der Waals surface area contributed by atoms with Gasteiger partial charge in [0.1, 0.15) is 17.5 Å². The highest BCUT2D eigenvalue weighted by molar-refractivity contribution is 5.91. The van der Waals surface area contributed by atoms with Crippen LogP contribution < -0.4 is 15.5 Å². The van der Waals surface area contributed by atoms with Crippen molar-refractivity contribution in [2.75, 3.05) is 36.4 Å². The molecule has 1 fully saturated rings. The normalized spacial score (nSPS) is 14.5. The molecule has 1 saturated heterocycles. The molecule has 0 spiro atoms.